The van der Waals surface area contributed by atoms with E-state index in [2.05, 4.69) is 4.40 Å². The standard InChI is InChI=1S/C20H23F3N4O3S/c21-15-9-5-10-19(22)25-31(23)20(10)27-11-1-2-13(28)17(29)18(11)30-14(16(9)27)6-12(15)26-4-3-8(24)7-26/h8-10,12,14-16H,1-7,24H2. The Bertz CT molecular complexity index is 985. The number of Topliss-reactive ketones (excluding diaryl/α,β-unsaturated/α-hetero) is 2. The van der Waals surface area contributed by atoms with Gasteiger partial charge in [-0.25, -0.2) is 4.39 Å². The molecule has 31 heavy (non-hydrogen) atoms. The third kappa shape index (κ3) is 2.75. The number of carbonyl (C=O) groups excluding carboxylic acids is 2. The monoisotopic (exact) mass is 456 g/mol. The van der Waals surface area contributed by atoms with E-state index in [1.165, 1.54) is 0 Å². The lowest BCUT2D eigenvalue weighted by atomic mass is 9.69. The molecule has 8 atom stereocenters. The highest BCUT2D eigenvalue weighted by atomic mass is 32.2. The number of nitrogens with zero attached hydrogens (tertiary/aromatic N) is 3. The number of carbonyl (C=O) groups is 2. The van der Waals surface area contributed by atoms with Gasteiger partial charge in [-0.15, -0.1) is 3.89 Å². The fourth-order valence-corrected chi connectivity index (χ4v) is 7.47. The predicted octanol–water partition coefficient (Wildman–Crippen LogP) is 1.56. The Morgan fingerprint density at radius 1 is 1.23 bits per heavy atom. The molecule has 2 N–H and O–H groups in total. The van der Waals surface area contributed by atoms with Crippen molar-refractivity contribution in [2.75, 3.05) is 13.1 Å². The van der Waals surface area contributed by atoms with E-state index in [1.54, 1.807) is 4.90 Å². The second-order valence-corrected chi connectivity index (χ2v) is 10.4. The molecule has 6 rings (SSSR count). The summed E-state index contributed by atoms with van der Waals surface area (Å²) in [4.78, 5) is 28.4. The van der Waals surface area contributed by atoms with Gasteiger partial charge in [-0.2, -0.15) is 8.79 Å². The molecule has 168 valence electrons. The molecule has 8 unspecified atom stereocenters. The number of ketones is 2. The first-order valence-corrected chi connectivity index (χ1v) is 11.8. The third-order valence-electron chi connectivity index (χ3n) is 7.63. The van der Waals surface area contributed by atoms with E-state index in [9.17, 15) is 17.9 Å². The summed E-state index contributed by atoms with van der Waals surface area (Å²) >= 11 is -2.19. The molecular formula is C20H23F3N4O3S. The zero-order valence-electron chi connectivity index (χ0n) is 16.7. The van der Waals surface area contributed by atoms with Crippen molar-refractivity contribution >= 4 is 33.6 Å². The van der Waals surface area contributed by atoms with Gasteiger partial charge in [0.05, 0.1) is 17.7 Å². The van der Waals surface area contributed by atoms with Gasteiger partial charge in [0.15, 0.2) is 5.76 Å². The highest BCUT2D eigenvalue weighted by molar-refractivity contribution is 8.10. The Balaban J connectivity index is 1.46. The Hall–Kier alpha value is -1.72. The second kappa shape index (κ2) is 6.89. The number of ether oxygens (including phenoxy) is 1. The second-order valence-electron chi connectivity index (χ2n) is 9.28. The summed E-state index contributed by atoms with van der Waals surface area (Å²) in [5.41, 5.74) is 6.41. The molecule has 2 saturated heterocycles. The molecule has 0 aromatic heterocycles. The molecule has 0 bridgehead atoms. The van der Waals surface area contributed by atoms with Crippen LogP contribution in [0.3, 0.4) is 0 Å². The summed E-state index contributed by atoms with van der Waals surface area (Å²) < 4.78 is 55.0. The van der Waals surface area contributed by atoms with Gasteiger partial charge in [-0.3, -0.25) is 14.5 Å². The van der Waals surface area contributed by atoms with Crippen LogP contribution in [0, 0.1) is 11.8 Å². The summed E-state index contributed by atoms with van der Waals surface area (Å²) in [5.74, 6) is -3.73. The van der Waals surface area contributed by atoms with Gasteiger partial charge in [0.2, 0.25) is 11.7 Å². The smallest absolute Gasteiger partial charge is 0.264 e. The third-order valence-corrected chi connectivity index (χ3v) is 8.80. The van der Waals surface area contributed by atoms with Gasteiger partial charge in [-0.05, 0) is 19.3 Å². The first-order valence-electron chi connectivity index (χ1n) is 10.8. The molecule has 11 heteroatoms. The van der Waals surface area contributed by atoms with Crippen LogP contribution in [0.2, 0.25) is 0 Å². The van der Waals surface area contributed by atoms with Crippen LogP contribution in [-0.2, 0) is 14.3 Å². The number of halogens is 3. The average Bonchev–Trinajstić information content (AvgIpc) is 3.30. The van der Waals surface area contributed by atoms with Crippen LogP contribution < -0.4 is 5.73 Å². The lowest BCUT2D eigenvalue weighted by Crippen LogP contribution is -2.68. The van der Waals surface area contributed by atoms with Crippen molar-refractivity contribution in [2.24, 2.45) is 22.0 Å². The molecule has 0 radical (unpaired) electrons. The highest BCUT2D eigenvalue weighted by Crippen LogP contribution is 2.52. The number of alkyl halides is 1. The number of likely N-dealkylation sites (tertiary alicyclic amines) is 1. The van der Waals surface area contributed by atoms with Gasteiger partial charge >= 0.3 is 0 Å². The van der Waals surface area contributed by atoms with E-state index in [4.69, 9.17) is 10.5 Å². The van der Waals surface area contributed by atoms with Gasteiger partial charge < -0.3 is 15.4 Å². The number of fused-ring (bicyclic) bond motifs is 3. The quantitative estimate of drug-likeness (QED) is 0.476. The maximum atomic E-state index is 15.9. The number of nitrogens with two attached hydrogens (primary N) is 1. The van der Waals surface area contributed by atoms with Crippen molar-refractivity contribution in [3.63, 3.8) is 0 Å². The zero-order chi connectivity index (χ0) is 21.6. The van der Waals surface area contributed by atoms with E-state index < -0.39 is 64.8 Å². The van der Waals surface area contributed by atoms with Gasteiger partial charge in [0, 0.05) is 43.9 Å². The highest BCUT2D eigenvalue weighted by Gasteiger charge is 2.60. The van der Waals surface area contributed by atoms with Crippen LogP contribution >= 0.6 is 11.1 Å². The summed E-state index contributed by atoms with van der Waals surface area (Å²) in [5, 5.41) is 0. The lowest BCUT2D eigenvalue weighted by Gasteiger charge is -2.57. The van der Waals surface area contributed by atoms with Gasteiger partial charge in [-0.1, -0.05) is 0 Å². The van der Waals surface area contributed by atoms with Crippen LogP contribution in [0.15, 0.2) is 15.9 Å². The van der Waals surface area contributed by atoms with E-state index in [1.807, 2.05) is 4.90 Å². The fourth-order valence-electron chi connectivity index (χ4n) is 6.27. The molecule has 3 fully saturated rings. The predicted molar refractivity (Wildman–Crippen MR) is 108 cm³/mol. The van der Waals surface area contributed by atoms with Crippen LogP contribution in [0.25, 0.3) is 0 Å². The molecule has 1 saturated carbocycles. The number of piperidine rings is 1. The average molecular weight is 456 g/mol. The molecule has 6 aliphatic rings. The molecule has 0 amide bonds. The zero-order valence-corrected chi connectivity index (χ0v) is 17.5. The van der Waals surface area contributed by atoms with Crippen molar-refractivity contribution < 1.29 is 27.0 Å². The van der Waals surface area contributed by atoms with Crippen molar-refractivity contribution in [2.45, 2.75) is 62.5 Å². The Kier molecular flexibility index (Phi) is 4.43. The summed E-state index contributed by atoms with van der Waals surface area (Å²) in [6.45, 7) is 1.23. The molecular weight excluding hydrogens is 433 g/mol. The summed E-state index contributed by atoms with van der Waals surface area (Å²) in [6.07, 6.45) is -0.514. The molecule has 4 aliphatic heterocycles. The minimum atomic E-state index is -2.19. The lowest BCUT2D eigenvalue weighted by molar-refractivity contribution is -0.143. The first kappa shape index (κ1) is 19.9. The Morgan fingerprint density at radius 2 is 2.03 bits per heavy atom. The first-order chi connectivity index (χ1) is 14.8. The topological polar surface area (TPSA) is 88.2 Å². The minimum absolute atomic E-state index is 0.0196. The van der Waals surface area contributed by atoms with Gasteiger partial charge in [0.25, 0.3) is 5.78 Å². The van der Waals surface area contributed by atoms with Crippen molar-refractivity contribution in [3.05, 3.63) is 11.5 Å². The largest absolute Gasteiger partial charge is 0.482 e. The molecule has 0 spiro atoms. The van der Waals surface area contributed by atoms with E-state index in [-0.39, 0.29) is 36.1 Å². The van der Waals surface area contributed by atoms with E-state index in [0.717, 1.165) is 6.42 Å². The van der Waals surface area contributed by atoms with E-state index >= 15 is 4.39 Å². The van der Waals surface area contributed by atoms with Crippen LogP contribution in [-0.4, -0.2) is 75.8 Å². The van der Waals surface area contributed by atoms with Crippen LogP contribution in [0.1, 0.15) is 32.1 Å². The fraction of sp³-hybridized carbons (Fsp3) is 0.700. The van der Waals surface area contributed by atoms with Crippen LogP contribution in [0.5, 0.6) is 0 Å². The maximum Gasteiger partial charge on any atom is 0.264 e. The van der Waals surface area contributed by atoms with Crippen molar-refractivity contribution in [1.82, 2.24) is 9.80 Å². The number of hydrogen-bond acceptors (Lipinski definition) is 7. The molecule has 4 heterocycles. The Morgan fingerprint density at radius 3 is 2.77 bits per heavy atom. The molecule has 7 nitrogen and oxygen atoms in total. The van der Waals surface area contributed by atoms with Crippen molar-refractivity contribution in [1.29, 1.82) is 0 Å². The summed E-state index contributed by atoms with van der Waals surface area (Å²) in [7, 11) is 0. The summed E-state index contributed by atoms with van der Waals surface area (Å²) in [6, 6.07) is -1.05. The van der Waals surface area contributed by atoms with E-state index in [0.29, 0.717) is 25.2 Å². The normalized spacial score (nSPS) is 44.7. The molecule has 2 aliphatic carbocycles. The number of rotatable bonds is 1. The Labute approximate surface area is 179 Å². The maximum absolute atomic E-state index is 15.9. The minimum Gasteiger partial charge on any atom is -0.482 e. The SMILES string of the molecule is NC1CCN(C2CC3OC4=C(CCC(=O)C4=O)N4C5=S(F)N=C(F)C5CC(C2F)C34)C1. The van der Waals surface area contributed by atoms with Gasteiger partial charge in [0.1, 0.15) is 28.3 Å². The van der Waals surface area contributed by atoms with Crippen molar-refractivity contribution in [3.8, 4) is 0 Å². The van der Waals surface area contributed by atoms with Crippen LogP contribution in [0.4, 0.5) is 12.7 Å². The molecule has 0 aromatic carbocycles. The molecule has 0 aromatic rings. The number of allylic oxidation sites excluding steroid dienone is 2. The number of hydrogen-bond donors (Lipinski definition) is 1.